The van der Waals surface area contributed by atoms with Crippen LogP contribution in [0, 0.1) is 5.92 Å². The Bertz CT molecular complexity index is 215. The summed E-state index contributed by atoms with van der Waals surface area (Å²) >= 11 is 0. The van der Waals surface area contributed by atoms with Crippen LogP contribution in [0.2, 0.25) is 0 Å². The van der Waals surface area contributed by atoms with Crippen molar-refractivity contribution in [2.24, 2.45) is 5.92 Å². The zero-order chi connectivity index (χ0) is 9.72. The van der Waals surface area contributed by atoms with Gasteiger partial charge in [-0.3, -0.25) is 4.79 Å². The molecule has 0 N–H and O–H groups in total. The molecule has 0 unspecified atom stereocenters. The highest BCUT2D eigenvalue weighted by atomic mass is 16.1. The van der Waals surface area contributed by atoms with E-state index in [-0.39, 0.29) is 5.78 Å². The molecule has 0 atom stereocenters. The van der Waals surface area contributed by atoms with Gasteiger partial charge in [0.25, 0.3) is 0 Å². The molecule has 0 aliphatic rings. The van der Waals surface area contributed by atoms with Gasteiger partial charge in [-0.05, 0) is 38.8 Å². The molecule has 1 heteroatoms. The third-order valence-electron chi connectivity index (χ3n) is 1.71. The number of rotatable bonds is 3. The van der Waals surface area contributed by atoms with Crippen LogP contribution in [0.25, 0.3) is 0 Å². The summed E-state index contributed by atoms with van der Waals surface area (Å²) in [5.41, 5.74) is 2.19. The number of carbonyl (C=O) groups is 1. The first-order valence-electron chi connectivity index (χ1n) is 4.30. The highest BCUT2D eigenvalue weighted by Crippen LogP contribution is 2.07. The Hall–Kier alpha value is -0.850. The van der Waals surface area contributed by atoms with Gasteiger partial charge in [-0.2, -0.15) is 0 Å². The van der Waals surface area contributed by atoms with Crippen molar-refractivity contribution in [3.05, 3.63) is 23.3 Å². The van der Waals surface area contributed by atoms with Gasteiger partial charge in [0.15, 0.2) is 5.78 Å². The summed E-state index contributed by atoms with van der Waals surface area (Å²) in [6, 6.07) is 0. The van der Waals surface area contributed by atoms with Crippen LogP contribution < -0.4 is 0 Å². The molecule has 0 radical (unpaired) electrons. The van der Waals surface area contributed by atoms with E-state index in [1.54, 1.807) is 12.2 Å². The number of hydrogen-bond acceptors (Lipinski definition) is 1. The molecule has 0 heterocycles. The molecule has 0 aromatic rings. The van der Waals surface area contributed by atoms with Gasteiger partial charge >= 0.3 is 0 Å². The third kappa shape index (κ3) is 4.89. The molecule has 0 aromatic carbocycles. The lowest BCUT2D eigenvalue weighted by Crippen LogP contribution is -1.94. The molecule has 68 valence electrons. The Morgan fingerprint density at radius 2 is 1.58 bits per heavy atom. The average molecular weight is 166 g/mol. The largest absolute Gasteiger partial charge is 0.290 e. The lowest BCUT2D eigenvalue weighted by Gasteiger charge is -2.02. The van der Waals surface area contributed by atoms with Crippen molar-refractivity contribution in [3.8, 4) is 0 Å². The highest BCUT2D eigenvalue weighted by Gasteiger charge is 1.98. The van der Waals surface area contributed by atoms with E-state index in [0.717, 1.165) is 11.1 Å². The SMILES string of the molecule is CC(C)=CC(=O)C=C(C)C(C)C. The van der Waals surface area contributed by atoms with Crippen LogP contribution in [-0.4, -0.2) is 5.78 Å². The van der Waals surface area contributed by atoms with Crippen molar-refractivity contribution in [1.29, 1.82) is 0 Å². The van der Waals surface area contributed by atoms with Gasteiger partial charge in [0.05, 0.1) is 0 Å². The summed E-state index contributed by atoms with van der Waals surface area (Å²) in [4.78, 5) is 11.2. The molecule has 0 fully saturated rings. The number of allylic oxidation sites excluding steroid dienone is 4. The molecule has 0 spiro atoms. The fourth-order valence-corrected chi connectivity index (χ4v) is 0.717. The molecular weight excluding hydrogens is 148 g/mol. The summed E-state index contributed by atoms with van der Waals surface area (Å²) in [5, 5.41) is 0. The van der Waals surface area contributed by atoms with E-state index >= 15 is 0 Å². The van der Waals surface area contributed by atoms with E-state index in [1.807, 2.05) is 20.8 Å². The van der Waals surface area contributed by atoms with E-state index in [4.69, 9.17) is 0 Å². The summed E-state index contributed by atoms with van der Waals surface area (Å²) in [6.07, 6.45) is 3.36. The molecule has 0 saturated carbocycles. The predicted molar refractivity (Wildman–Crippen MR) is 53.0 cm³/mol. The van der Waals surface area contributed by atoms with Gasteiger partial charge in [-0.1, -0.05) is 25.0 Å². The van der Waals surface area contributed by atoms with E-state index in [9.17, 15) is 4.79 Å². The van der Waals surface area contributed by atoms with Crippen LogP contribution in [0.4, 0.5) is 0 Å². The average Bonchev–Trinajstić information content (AvgIpc) is 1.84. The van der Waals surface area contributed by atoms with Crippen molar-refractivity contribution in [2.45, 2.75) is 34.6 Å². The summed E-state index contributed by atoms with van der Waals surface area (Å²) in [5.74, 6) is 0.556. The molecule has 1 nitrogen and oxygen atoms in total. The van der Waals surface area contributed by atoms with Crippen molar-refractivity contribution in [1.82, 2.24) is 0 Å². The van der Waals surface area contributed by atoms with Crippen LogP contribution in [0.3, 0.4) is 0 Å². The molecule has 0 saturated heterocycles. The van der Waals surface area contributed by atoms with Crippen LogP contribution in [0.15, 0.2) is 23.3 Å². The quantitative estimate of drug-likeness (QED) is 0.589. The van der Waals surface area contributed by atoms with Crippen molar-refractivity contribution < 1.29 is 4.79 Å². The smallest absolute Gasteiger partial charge is 0.178 e. The Balaban J connectivity index is 4.35. The Labute approximate surface area is 75.2 Å². The van der Waals surface area contributed by atoms with Gasteiger partial charge < -0.3 is 0 Å². The van der Waals surface area contributed by atoms with Gasteiger partial charge in [0.1, 0.15) is 0 Å². The maximum Gasteiger partial charge on any atom is 0.178 e. The second kappa shape index (κ2) is 4.91. The zero-order valence-electron chi connectivity index (χ0n) is 8.64. The molecule has 0 rings (SSSR count). The van der Waals surface area contributed by atoms with Crippen molar-refractivity contribution in [2.75, 3.05) is 0 Å². The first kappa shape index (κ1) is 11.2. The summed E-state index contributed by atoms with van der Waals surface area (Å²) < 4.78 is 0. The molecular formula is C11H18O. The maximum atomic E-state index is 11.2. The second-order valence-electron chi connectivity index (χ2n) is 3.67. The number of ketones is 1. The van der Waals surface area contributed by atoms with E-state index in [0.29, 0.717) is 5.92 Å². The summed E-state index contributed by atoms with van der Waals surface area (Å²) in [6.45, 7) is 10.0. The maximum absolute atomic E-state index is 11.2. The Morgan fingerprint density at radius 1 is 1.08 bits per heavy atom. The minimum Gasteiger partial charge on any atom is -0.290 e. The van der Waals surface area contributed by atoms with Gasteiger partial charge in [0.2, 0.25) is 0 Å². The fraction of sp³-hybridized carbons (Fsp3) is 0.545. The van der Waals surface area contributed by atoms with Gasteiger partial charge in [-0.15, -0.1) is 0 Å². The number of hydrogen-bond donors (Lipinski definition) is 0. The Kier molecular flexibility index (Phi) is 4.57. The van der Waals surface area contributed by atoms with Crippen LogP contribution in [0.5, 0.6) is 0 Å². The molecule has 12 heavy (non-hydrogen) atoms. The standard InChI is InChI=1S/C11H18O/c1-8(2)6-11(12)7-10(5)9(3)4/h6-7,9H,1-5H3. The van der Waals surface area contributed by atoms with Crippen LogP contribution >= 0.6 is 0 Å². The third-order valence-corrected chi connectivity index (χ3v) is 1.71. The Morgan fingerprint density at radius 3 is 1.92 bits per heavy atom. The van der Waals surface area contributed by atoms with E-state index in [2.05, 4.69) is 13.8 Å². The van der Waals surface area contributed by atoms with E-state index < -0.39 is 0 Å². The normalized spacial score (nSPS) is 11.7. The molecule has 0 amide bonds. The molecule has 0 bridgehead atoms. The minimum absolute atomic E-state index is 0.0983. The van der Waals surface area contributed by atoms with Crippen molar-refractivity contribution >= 4 is 5.78 Å². The summed E-state index contributed by atoms with van der Waals surface area (Å²) in [7, 11) is 0. The first-order valence-corrected chi connectivity index (χ1v) is 4.30. The monoisotopic (exact) mass is 166 g/mol. The lowest BCUT2D eigenvalue weighted by atomic mass is 10.0. The minimum atomic E-state index is 0.0983. The van der Waals surface area contributed by atoms with Crippen LogP contribution in [-0.2, 0) is 4.79 Å². The molecule has 0 aromatic heterocycles. The molecule has 0 aliphatic heterocycles. The van der Waals surface area contributed by atoms with Gasteiger partial charge in [0, 0.05) is 0 Å². The van der Waals surface area contributed by atoms with Crippen LogP contribution in [0.1, 0.15) is 34.6 Å². The topological polar surface area (TPSA) is 17.1 Å². The molecule has 0 aliphatic carbocycles. The lowest BCUT2D eigenvalue weighted by molar-refractivity contribution is -0.110. The number of carbonyl (C=O) groups excluding carboxylic acids is 1. The van der Waals surface area contributed by atoms with Crippen molar-refractivity contribution in [3.63, 3.8) is 0 Å². The van der Waals surface area contributed by atoms with Gasteiger partial charge in [-0.25, -0.2) is 0 Å². The second-order valence-corrected chi connectivity index (χ2v) is 3.67. The first-order chi connectivity index (χ1) is 5.43. The predicted octanol–water partition coefficient (Wildman–Crippen LogP) is 3.12. The highest BCUT2D eigenvalue weighted by molar-refractivity contribution is 6.00. The van der Waals surface area contributed by atoms with E-state index in [1.165, 1.54) is 0 Å². The fourth-order valence-electron chi connectivity index (χ4n) is 0.717. The zero-order valence-corrected chi connectivity index (χ0v) is 8.64.